The number of ether oxygens (including phenoxy) is 1. The lowest BCUT2D eigenvalue weighted by Gasteiger charge is -2.14. The minimum atomic E-state index is -1.12. The van der Waals surface area contributed by atoms with Crippen LogP contribution in [0.3, 0.4) is 0 Å². The summed E-state index contributed by atoms with van der Waals surface area (Å²) in [6.07, 6.45) is 1.15. The Morgan fingerprint density at radius 1 is 0.903 bits per heavy atom. The lowest BCUT2D eigenvalue weighted by Crippen LogP contribution is -2.42. The molecule has 0 spiro atoms. The zero-order valence-corrected chi connectivity index (χ0v) is 16.7. The van der Waals surface area contributed by atoms with E-state index in [0.29, 0.717) is 0 Å². The molecule has 1 heterocycles. The summed E-state index contributed by atoms with van der Waals surface area (Å²) < 4.78 is 5.24. The summed E-state index contributed by atoms with van der Waals surface area (Å²) in [6, 6.07) is 24.2. The Morgan fingerprint density at radius 2 is 1.58 bits per heavy atom. The summed E-state index contributed by atoms with van der Waals surface area (Å²) in [7, 11) is 0. The molecule has 6 heteroatoms. The van der Waals surface area contributed by atoms with Gasteiger partial charge in [0.2, 0.25) is 0 Å². The molecule has 0 saturated heterocycles. The number of alkyl carbamates (subject to hydrolysis) is 1. The van der Waals surface area contributed by atoms with Gasteiger partial charge in [0.05, 0.1) is 0 Å². The highest BCUT2D eigenvalue weighted by molar-refractivity contribution is 5.85. The molecular weight excluding hydrogens is 392 g/mol. The standard InChI is InChI=1S/C25H22N2O4/c28-24(29)23(14-20-15-26-22-9-5-4-8-21(20)22)27-25(30)31-16-17-10-12-19(13-11-17)18-6-2-1-3-7-18/h1-13,15,23,26H,14,16H2,(H,27,30)(H,28,29). The molecule has 31 heavy (non-hydrogen) atoms. The number of aliphatic carboxylic acids is 1. The molecule has 0 aliphatic carbocycles. The zero-order valence-electron chi connectivity index (χ0n) is 16.7. The molecular formula is C25H22N2O4. The SMILES string of the molecule is O=C(NC(Cc1c[nH]c2ccccc12)C(=O)O)OCc1ccc(-c2ccccc2)cc1. The molecule has 1 amide bonds. The first kappa shape index (κ1) is 20.2. The third kappa shape index (κ3) is 4.93. The number of amides is 1. The molecule has 0 aliphatic rings. The van der Waals surface area contributed by atoms with Crippen LogP contribution >= 0.6 is 0 Å². The molecule has 3 N–H and O–H groups in total. The van der Waals surface area contributed by atoms with Gasteiger partial charge in [-0.2, -0.15) is 0 Å². The fourth-order valence-electron chi connectivity index (χ4n) is 3.48. The van der Waals surface area contributed by atoms with E-state index < -0.39 is 18.1 Å². The monoisotopic (exact) mass is 414 g/mol. The van der Waals surface area contributed by atoms with Crippen LogP contribution in [-0.4, -0.2) is 28.2 Å². The van der Waals surface area contributed by atoms with Crippen LogP contribution in [0.2, 0.25) is 0 Å². The first-order chi connectivity index (χ1) is 15.1. The molecule has 0 bridgehead atoms. The van der Waals surface area contributed by atoms with Crippen molar-refractivity contribution in [2.45, 2.75) is 19.1 Å². The van der Waals surface area contributed by atoms with Crippen LogP contribution in [0, 0.1) is 0 Å². The average Bonchev–Trinajstić information content (AvgIpc) is 3.21. The number of H-pyrrole nitrogens is 1. The molecule has 0 saturated carbocycles. The van der Waals surface area contributed by atoms with Crippen LogP contribution in [0.5, 0.6) is 0 Å². The van der Waals surface area contributed by atoms with Crippen molar-refractivity contribution >= 4 is 23.0 Å². The third-order valence-corrected chi connectivity index (χ3v) is 5.12. The molecule has 1 aromatic heterocycles. The van der Waals surface area contributed by atoms with Crippen molar-refractivity contribution in [3.63, 3.8) is 0 Å². The van der Waals surface area contributed by atoms with Crippen molar-refractivity contribution in [2.75, 3.05) is 0 Å². The van der Waals surface area contributed by atoms with Crippen molar-refractivity contribution in [1.82, 2.24) is 10.3 Å². The number of carbonyl (C=O) groups excluding carboxylic acids is 1. The van der Waals surface area contributed by atoms with Crippen molar-refractivity contribution in [3.8, 4) is 11.1 Å². The Hall–Kier alpha value is -4.06. The molecule has 156 valence electrons. The number of carboxylic acid groups (broad SMARTS) is 1. The van der Waals surface area contributed by atoms with Crippen LogP contribution in [-0.2, 0) is 22.6 Å². The second-order valence-electron chi connectivity index (χ2n) is 7.24. The van der Waals surface area contributed by atoms with E-state index in [4.69, 9.17) is 4.74 Å². The molecule has 0 radical (unpaired) electrons. The van der Waals surface area contributed by atoms with Gasteiger partial charge in [0.25, 0.3) is 0 Å². The minimum Gasteiger partial charge on any atom is -0.480 e. The maximum absolute atomic E-state index is 12.2. The van der Waals surface area contributed by atoms with E-state index in [-0.39, 0.29) is 13.0 Å². The third-order valence-electron chi connectivity index (χ3n) is 5.12. The highest BCUT2D eigenvalue weighted by atomic mass is 16.5. The van der Waals surface area contributed by atoms with Gasteiger partial charge in [-0.15, -0.1) is 0 Å². The van der Waals surface area contributed by atoms with Crippen LogP contribution in [0.1, 0.15) is 11.1 Å². The van der Waals surface area contributed by atoms with Gasteiger partial charge in [0, 0.05) is 23.5 Å². The van der Waals surface area contributed by atoms with Crippen molar-refractivity contribution in [2.24, 2.45) is 0 Å². The molecule has 0 aliphatic heterocycles. The molecule has 4 aromatic rings. The summed E-state index contributed by atoms with van der Waals surface area (Å²) in [5.74, 6) is -1.12. The lowest BCUT2D eigenvalue weighted by molar-refractivity contribution is -0.139. The highest BCUT2D eigenvalue weighted by Gasteiger charge is 2.22. The van der Waals surface area contributed by atoms with Gasteiger partial charge in [0.15, 0.2) is 0 Å². The number of para-hydroxylation sites is 1. The van der Waals surface area contributed by atoms with E-state index in [0.717, 1.165) is 33.2 Å². The van der Waals surface area contributed by atoms with Crippen molar-refractivity contribution in [1.29, 1.82) is 0 Å². The second kappa shape index (κ2) is 9.17. The van der Waals surface area contributed by atoms with E-state index in [1.54, 1.807) is 6.20 Å². The van der Waals surface area contributed by atoms with E-state index in [1.807, 2.05) is 78.9 Å². The Balaban J connectivity index is 1.35. The highest BCUT2D eigenvalue weighted by Crippen LogP contribution is 2.20. The van der Waals surface area contributed by atoms with E-state index >= 15 is 0 Å². The van der Waals surface area contributed by atoms with Crippen LogP contribution in [0.4, 0.5) is 4.79 Å². The number of aromatic nitrogens is 1. The quantitative estimate of drug-likeness (QED) is 0.407. The van der Waals surface area contributed by atoms with Crippen LogP contribution in [0.15, 0.2) is 85.1 Å². The van der Waals surface area contributed by atoms with Gasteiger partial charge in [-0.25, -0.2) is 9.59 Å². The van der Waals surface area contributed by atoms with E-state index in [2.05, 4.69) is 10.3 Å². The second-order valence-corrected chi connectivity index (χ2v) is 7.24. The number of aromatic amines is 1. The maximum Gasteiger partial charge on any atom is 0.408 e. The predicted octanol–water partition coefficient (Wildman–Crippen LogP) is 4.76. The van der Waals surface area contributed by atoms with Crippen LogP contribution < -0.4 is 5.32 Å². The topological polar surface area (TPSA) is 91.4 Å². The normalized spacial score (nSPS) is 11.7. The van der Waals surface area contributed by atoms with Gasteiger partial charge < -0.3 is 20.1 Å². The van der Waals surface area contributed by atoms with Gasteiger partial charge in [0.1, 0.15) is 12.6 Å². The summed E-state index contributed by atoms with van der Waals surface area (Å²) in [5.41, 5.74) is 4.73. The smallest absolute Gasteiger partial charge is 0.408 e. The molecule has 6 nitrogen and oxygen atoms in total. The lowest BCUT2D eigenvalue weighted by atomic mass is 10.0. The van der Waals surface area contributed by atoms with Gasteiger partial charge in [-0.3, -0.25) is 0 Å². The fourth-order valence-corrected chi connectivity index (χ4v) is 3.48. The Bertz CT molecular complexity index is 1180. The molecule has 3 aromatic carbocycles. The summed E-state index contributed by atoms with van der Waals surface area (Å²) in [4.78, 5) is 27.0. The average molecular weight is 414 g/mol. The number of hydrogen-bond donors (Lipinski definition) is 3. The van der Waals surface area contributed by atoms with Crippen LogP contribution in [0.25, 0.3) is 22.0 Å². The number of nitrogens with one attached hydrogen (secondary N) is 2. The largest absolute Gasteiger partial charge is 0.480 e. The summed E-state index contributed by atoms with van der Waals surface area (Å²) in [6.45, 7) is 0.0559. The number of carbonyl (C=O) groups is 2. The number of benzene rings is 3. The maximum atomic E-state index is 12.2. The number of fused-ring (bicyclic) bond motifs is 1. The summed E-state index contributed by atoms with van der Waals surface area (Å²) >= 11 is 0. The predicted molar refractivity (Wildman–Crippen MR) is 119 cm³/mol. The molecule has 0 fully saturated rings. The number of rotatable bonds is 7. The Kier molecular flexibility index (Phi) is 5.98. The van der Waals surface area contributed by atoms with Gasteiger partial charge in [-0.05, 0) is 28.3 Å². The zero-order chi connectivity index (χ0) is 21.6. The van der Waals surface area contributed by atoms with Gasteiger partial charge >= 0.3 is 12.1 Å². The number of hydrogen-bond acceptors (Lipinski definition) is 3. The first-order valence-electron chi connectivity index (χ1n) is 9.95. The Labute approximate surface area is 179 Å². The first-order valence-corrected chi connectivity index (χ1v) is 9.95. The Morgan fingerprint density at radius 3 is 2.32 bits per heavy atom. The minimum absolute atomic E-state index is 0.0559. The summed E-state index contributed by atoms with van der Waals surface area (Å²) in [5, 5.41) is 12.9. The van der Waals surface area contributed by atoms with Gasteiger partial charge in [-0.1, -0.05) is 72.8 Å². The van der Waals surface area contributed by atoms with E-state index in [1.165, 1.54) is 0 Å². The number of carboxylic acids is 1. The van der Waals surface area contributed by atoms with Crippen molar-refractivity contribution in [3.05, 3.63) is 96.2 Å². The van der Waals surface area contributed by atoms with Crippen molar-refractivity contribution < 1.29 is 19.4 Å². The molecule has 1 atom stereocenters. The molecule has 1 unspecified atom stereocenters. The fraction of sp³-hybridized carbons (Fsp3) is 0.120. The van der Waals surface area contributed by atoms with E-state index in [9.17, 15) is 14.7 Å². The molecule has 4 rings (SSSR count).